The Bertz CT molecular complexity index is 328. The zero-order valence-electron chi connectivity index (χ0n) is 10.8. The Balaban J connectivity index is 0.000000160. The normalized spacial score (nSPS) is 14.9. The molecule has 16 heavy (non-hydrogen) atoms. The fourth-order valence-electron chi connectivity index (χ4n) is 1.86. The van der Waals surface area contributed by atoms with Crippen molar-refractivity contribution in [3.05, 3.63) is 31.0 Å². The van der Waals surface area contributed by atoms with Crippen molar-refractivity contribution in [3.63, 3.8) is 0 Å². The molecule has 2 rings (SSSR count). The summed E-state index contributed by atoms with van der Waals surface area (Å²) in [5.74, 6) is 0. The third-order valence-electron chi connectivity index (χ3n) is 2.91. The lowest BCUT2D eigenvalue weighted by atomic mass is 10.3. The number of likely N-dealkylation sites (tertiary alicyclic amines) is 1. The predicted octanol–water partition coefficient (Wildman–Crippen LogP) is 1.95. The molecule has 0 aromatic carbocycles. The highest BCUT2D eigenvalue weighted by Crippen LogP contribution is 2.17. The van der Waals surface area contributed by atoms with E-state index in [2.05, 4.69) is 42.4 Å². The maximum Gasteiger partial charge on any atom is 0.243 e. The third kappa shape index (κ3) is 3.72. The van der Waals surface area contributed by atoms with Crippen molar-refractivity contribution in [3.8, 4) is 0 Å². The molecule has 1 aliphatic heterocycles. The third-order valence-corrected chi connectivity index (χ3v) is 2.91. The number of aryl methyl sites for hydroxylation is 2. The van der Waals surface area contributed by atoms with Crippen molar-refractivity contribution < 1.29 is 4.57 Å². The average molecular weight is 222 g/mol. The number of imidazole rings is 1. The quantitative estimate of drug-likeness (QED) is 0.697. The highest BCUT2D eigenvalue weighted by molar-refractivity contribution is 4.98. The molecule has 1 aromatic heterocycles. The van der Waals surface area contributed by atoms with Gasteiger partial charge >= 0.3 is 0 Å². The Hall–Kier alpha value is -1.25. The van der Waals surface area contributed by atoms with Gasteiger partial charge in [0.2, 0.25) is 6.33 Å². The molecule has 0 spiro atoms. The molecule has 2 heterocycles. The van der Waals surface area contributed by atoms with Crippen LogP contribution in [0.4, 0.5) is 0 Å². The highest BCUT2D eigenvalue weighted by atomic mass is 15.1. The van der Waals surface area contributed by atoms with E-state index in [1.165, 1.54) is 25.1 Å². The molecule has 3 nitrogen and oxygen atoms in total. The van der Waals surface area contributed by atoms with Crippen molar-refractivity contribution in [2.45, 2.75) is 33.2 Å². The number of hydrogen-bond donors (Lipinski definition) is 0. The van der Waals surface area contributed by atoms with Gasteiger partial charge in [-0.25, -0.2) is 9.13 Å². The standard InChI is InChI=1S/C7H13N.C6H11N2/c1-3-8-6-4-5-7(8)2;1-3-8-5-4-7(2)6-8/h2-6H2,1H3;4-6H,3H2,1-2H3/q;+1. The maximum absolute atomic E-state index is 3.93. The minimum Gasteiger partial charge on any atom is -0.376 e. The molecule has 1 aromatic rings. The molecule has 0 aliphatic carbocycles. The van der Waals surface area contributed by atoms with E-state index in [0.29, 0.717) is 0 Å². The summed E-state index contributed by atoms with van der Waals surface area (Å²) in [6.07, 6.45) is 8.67. The molecule has 0 unspecified atom stereocenters. The van der Waals surface area contributed by atoms with Crippen LogP contribution in [-0.4, -0.2) is 22.6 Å². The number of allylic oxidation sites excluding steroid dienone is 1. The summed E-state index contributed by atoms with van der Waals surface area (Å²) in [5, 5.41) is 0. The Labute approximate surface area is 99.0 Å². The summed E-state index contributed by atoms with van der Waals surface area (Å²) in [6.45, 7) is 11.7. The lowest BCUT2D eigenvalue weighted by Gasteiger charge is -2.14. The highest BCUT2D eigenvalue weighted by Gasteiger charge is 2.11. The molecule has 90 valence electrons. The van der Waals surface area contributed by atoms with Gasteiger partial charge in [-0.05, 0) is 26.7 Å². The van der Waals surface area contributed by atoms with Crippen LogP contribution in [0.25, 0.3) is 0 Å². The zero-order valence-corrected chi connectivity index (χ0v) is 10.8. The summed E-state index contributed by atoms with van der Waals surface area (Å²) in [7, 11) is 2.02. The van der Waals surface area contributed by atoms with Gasteiger partial charge in [-0.3, -0.25) is 0 Å². The lowest BCUT2D eigenvalue weighted by Crippen LogP contribution is -2.23. The van der Waals surface area contributed by atoms with Crippen molar-refractivity contribution in [1.29, 1.82) is 0 Å². The first-order valence-electron chi connectivity index (χ1n) is 6.11. The Morgan fingerprint density at radius 3 is 2.38 bits per heavy atom. The monoisotopic (exact) mass is 222 g/mol. The zero-order chi connectivity index (χ0) is 12.0. The molecule has 0 amide bonds. The van der Waals surface area contributed by atoms with E-state index in [0.717, 1.165) is 13.1 Å². The van der Waals surface area contributed by atoms with Crippen molar-refractivity contribution in [2.75, 3.05) is 13.1 Å². The largest absolute Gasteiger partial charge is 0.376 e. The SMILES string of the molecule is C=C1CCCN1CC.CCn1cc[n+](C)c1. The van der Waals surface area contributed by atoms with Gasteiger partial charge in [0.25, 0.3) is 0 Å². The van der Waals surface area contributed by atoms with E-state index in [1.807, 2.05) is 17.8 Å². The number of aromatic nitrogens is 2. The number of nitrogens with zero attached hydrogens (tertiary/aromatic N) is 3. The molecule has 1 aliphatic rings. The summed E-state index contributed by atoms with van der Waals surface area (Å²) in [6, 6.07) is 0. The van der Waals surface area contributed by atoms with E-state index in [-0.39, 0.29) is 0 Å². The van der Waals surface area contributed by atoms with E-state index in [9.17, 15) is 0 Å². The molecule has 0 bridgehead atoms. The first kappa shape index (κ1) is 12.8. The summed E-state index contributed by atoms with van der Waals surface area (Å²) < 4.78 is 4.16. The van der Waals surface area contributed by atoms with Crippen LogP contribution in [0.2, 0.25) is 0 Å². The fourth-order valence-corrected chi connectivity index (χ4v) is 1.86. The van der Waals surface area contributed by atoms with Gasteiger partial charge in [-0.1, -0.05) is 6.58 Å². The lowest BCUT2D eigenvalue weighted by molar-refractivity contribution is -0.671. The van der Waals surface area contributed by atoms with Crippen LogP contribution < -0.4 is 4.57 Å². The Morgan fingerprint density at radius 1 is 1.38 bits per heavy atom. The number of hydrogen-bond acceptors (Lipinski definition) is 1. The second-order valence-corrected chi connectivity index (χ2v) is 4.16. The number of rotatable bonds is 2. The van der Waals surface area contributed by atoms with Crippen LogP contribution in [0.1, 0.15) is 26.7 Å². The molecule has 1 fully saturated rings. The van der Waals surface area contributed by atoms with Gasteiger partial charge in [-0.2, -0.15) is 0 Å². The molecule has 0 N–H and O–H groups in total. The second-order valence-electron chi connectivity index (χ2n) is 4.16. The molecule has 3 heteroatoms. The molecular weight excluding hydrogens is 198 g/mol. The van der Waals surface area contributed by atoms with E-state index < -0.39 is 0 Å². The van der Waals surface area contributed by atoms with Crippen LogP contribution in [-0.2, 0) is 13.6 Å². The first-order chi connectivity index (χ1) is 7.67. The van der Waals surface area contributed by atoms with Crippen LogP contribution in [0.15, 0.2) is 31.0 Å². The molecule has 0 radical (unpaired) electrons. The average Bonchev–Trinajstić information content (AvgIpc) is 2.87. The first-order valence-corrected chi connectivity index (χ1v) is 6.11. The van der Waals surface area contributed by atoms with Gasteiger partial charge in [0, 0.05) is 18.8 Å². The van der Waals surface area contributed by atoms with E-state index >= 15 is 0 Å². The van der Waals surface area contributed by atoms with Crippen LogP contribution in [0.5, 0.6) is 0 Å². The van der Waals surface area contributed by atoms with E-state index in [4.69, 9.17) is 0 Å². The van der Waals surface area contributed by atoms with Crippen LogP contribution in [0.3, 0.4) is 0 Å². The van der Waals surface area contributed by atoms with Crippen molar-refractivity contribution >= 4 is 0 Å². The van der Waals surface area contributed by atoms with Gasteiger partial charge in [0.15, 0.2) is 0 Å². The van der Waals surface area contributed by atoms with Gasteiger partial charge < -0.3 is 4.90 Å². The smallest absolute Gasteiger partial charge is 0.243 e. The van der Waals surface area contributed by atoms with Crippen molar-refractivity contribution in [1.82, 2.24) is 9.47 Å². The topological polar surface area (TPSA) is 12.1 Å². The molecule has 1 saturated heterocycles. The van der Waals surface area contributed by atoms with Crippen LogP contribution >= 0.6 is 0 Å². The van der Waals surface area contributed by atoms with E-state index in [1.54, 1.807) is 0 Å². The maximum atomic E-state index is 3.93. The fraction of sp³-hybridized carbons (Fsp3) is 0.615. The van der Waals surface area contributed by atoms with Crippen LogP contribution in [0, 0.1) is 0 Å². The van der Waals surface area contributed by atoms with Gasteiger partial charge in [0.05, 0.1) is 13.6 Å². The molecule has 0 saturated carbocycles. The summed E-state index contributed by atoms with van der Waals surface area (Å²) in [4.78, 5) is 2.33. The second kappa shape index (κ2) is 6.36. The minimum atomic E-state index is 1.06. The van der Waals surface area contributed by atoms with Gasteiger partial charge in [0.1, 0.15) is 12.4 Å². The van der Waals surface area contributed by atoms with Gasteiger partial charge in [-0.15, -0.1) is 0 Å². The Morgan fingerprint density at radius 2 is 2.12 bits per heavy atom. The molecular formula is C13H24N3+. The minimum absolute atomic E-state index is 1.06. The van der Waals surface area contributed by atoms with Crippen molar-refractivity contribution in [2.24, 2.45) is 7.05 Å². The molecule has 0 atom stereocenters. The Kier molecular flexibility index (Phi) is 5.09. The predicted molar refractivity (Wildman–Crippen MR) is 66.9 cm³/mol. The summed E-state index contributed by atoms with van der Waals surface area (Å²) in [5.41, 5.74) is 1.33. The summed E-state index contributed by atoms with van der Waals surface area (Å²) >= 11 is 0.